The zero-order valence-electron chi connectivity index (χ0n) is 13.9. The zero-order chi connectivity index (χ0) is 15.5. The number of rotatable bonds is 5. The topological polar surface area (TPSA) is 15.3 Å². The summed E-state index contributed by atoms with van der Waals surface area (Å²) >= 11 is 0. The van der Waals surface area contributed by atoms with Crippen LogP contribution in [0, 0.1) is 11.2 Å². The van der Waals surface area contributed by atoms with Crippen LogP contribution in [0.5, 0.6) is 0 Å². The van der Waals surface area contributed by atoms with Crippen LogP contribution in [0.25, 0.3) is 0 Å². The lowest BCUT2D eigenvalue weighted by Crippen LogP contribution is -2.38. The Balaban J connectivity index is 2.19. The first kappa shape index (κ1) is 16.3. The molecule has 1 aromatic carbocycles. The van der Waals surface area contributed by atoms with E-state index in [0.717, 1.165) is 31.6 Å². The normalized spacial score (nSPS) is 19.6. The molecule has 1 N–H and O–H groups in total. The lowest BCUT2D eigenvalue weighted by molar-refractivity contribution is 0.279. The Morgan fingerprint density at radius 1 is 1.29 bits per heavy atom. The van der Waals surface area contributed by atoms with Crippen LogP contribution in [0.1, 0.15) is 58.6 Å². The molecular weight excluding hydrogens is 263 g/mol. The number of hydrogen-bond acceptors (Lipinski definition) is 2. The van der Waals surface area contributed by atoms with Gasteiger partial charge in [0.05, 0.1) is 0 Å². The molecule has 0 radical (unpaired) electrons. The van der Waals surface area contributed by atoms with Crippen LogP contribution in [0.3, 0.4) is 0 Å². The summed E-state index contributed by atoms with van der Waals surface area (Å²) in [6.07, 6.45) is 3.48. The molecule has 3 heteroatoms. The largest absolute Gasteiger partial charge is 0.371 e. The van der Waals surface area contributed by atoms with Gasteiger partial charge in [0.25, 0.3) is 0 Å². The minimum atomic E-state index is -0.142. The van der Waals surface area contributed by atoms with Crippen molar-refractivity contribution in [2.45, 2.75) is 53.0 Å². The van der Waals surface area contributed by atoms with Gasteiger partial charge in [-0.05, 0) is 61.9 Å². The Kier molecular flexibility index (Phi) is 5.26. The maximum absolute atomic E-state index is 13.7. The van der Waals surface area contributed by atoms with E-state index < -0.39 is 0 Å². The fourth-order valence-corrected chi connectivity index (χ4v) is 2.98. The summed E-state index contributed by atoms with van der Waals surface area (Å²) in [5.74, 6) is -0.142. The summed E-state index contributed by atoms with van der Waals surface area (Å²) in [6, 6.07) is 5.42. The number of benzene rings is 1. The molecule has 0 aromatic heterocycles. The molecular formula is C18H29FN2. The molecule has 0 aliphatic carbocycles. The predicted octanol–water partition coefficient (Wildman–Crippen LogP) is 4.51. The van der Waals surface area contributed by atoms with E-state index in [1.54, 1.807) is 12.1 Å². The van der Waals surface area contributed by atoms with Gasteiger partial charge in [0, 0.05) is 24.8 Å². The maximum Gasteiger partial charge on any atom is 0.123 e. The molecule has 118 valence electrons. The number of halogens is 1. The fraction of sp³-hybridized carbons (Fsp3) is 0.667. The molecule has 2 nitrogen and oxygen atoms in total. The van der Waals surface area contributed by atoms with Crippen molar-refractivity contribution in [3.05, 3.63) is 29.6 Å². The highest BCUT2D eigenvalue weighted by Gasteiger charge is 2.27. The Morgan fingerprint density at radius 3 is 2.57 bits per heavy atom. The number of piperidine rings is 1. The Morgan fingerprint density at radius 2 is 1.95 bits per heavy atom. The molecule has 1 aliphatic rings. The van der Waals surface area contributed by atoms with Gasteiger partial charge in [0.2, 0.25) is 0 Å². The van der Waals surface area contributed by atoms with E-state index in [-0.39, 0.29) is 11.9 Å². The molecule has 1 aromatic rings. The molecule has 1 unspecified atom stereocenters. The summed E-state index contributed by atoms with van der Waals surface area (Å²) in [5.41, 5.74) is 2.72. The second-order valence-electron chi connectivity index (χ2n) is 7.03. The van der Waals surface area contributed by atoms with Gasteiger partial charge in [-0.2, -0.15) is 0 Å². The monoisotopic (exact) mass is 292 g/mol. The molecule has 0 bridgehead atoms. The number of anilines is 1. The van der Waals surface area contributed by atoms with Crippen LogP contribution in [0.15, 0.2) is 18.2 Å². The molecule has 1 heterocycles. The second kappa shape index (κ2) is 6.78. The molecule has 1 aliphatic heterocycles. The summed E-state index contributed by atoms with van der Waals surface area (Å²) in [7, 11) is 0. The minimum absolute atomic E-state index is 0.142. The van der Waals surface area contributed by atoms with Crippen LogP contribution in [-0.2, 0) is 0 Å². The van der Waals surface area contributed by atoms with Gasteiger partial charge in [0.15, 0.2) is 0 Å². The van der Waals surface area contributed by atoms with Crippen molar-refractivity contribution >= 4 is 5.69 Å². The van der Waals surface area contributed by atoms with E-state index in [1.807, 2.05) is 6.07 Å². The third-order valence-electron chi connectivity index (χ3n) is 4.61. The van der Waals surface area contributed by atoms with Crippen LogP contribution >= 0.6 is 0 Å². The highest BCUT2D eigenvalue weighted by atomic mass is 19.1. The maximum atomic E-state index is 13.7. The predicted molar refractivity (Wildman–Crippen MR) is 88.3 cm³/mol. The van der Waals surface area contributed by atoms with Crippen molar-refractivity contribution < 1.29 is 4.39 Å². The van der Waals surface area contributed by atoms with Gasteiger partial charge in [-0.3, -0.25) is 0 Å². The Labute approximate surface area is 128 Å². The van der Waals surface area contributed by atoms with Crippen molar-refractivity contribution in [3.8, 4) is 0 Å². The van der Waals surface area contributed by atoms with Gasteiger partial charge in [-0.1, -0.05) is 20.8 Å². The standard InChI is InChI=1S/C18H29FN2/c1-5-10-20-14(2)16-13-15(19)6-7-17(16)21-11-8-18(3,4)9-12-21/h6-7,13-14,20H,5,8-12H2,1-4H3. The SMILES string of the molecule is CCCNC(C)c1cc(F)ccc1N1CCC(C)(C)CC1. The van der Waals surface area contributed by atoms with E-state index >= 15 is 0 Å². The minimum Gasteiger partial charge on any atom is -0.371 e. The van der Waals surface area contributed by atoms with Gasteiger partial charge in [-0.25, -0.2) is 4.39 Å². The van der Waals surface area contributed by atoms with E-state index in [9.17, 15) is 4.39 Å². The smallest absolute Gasteiger partial charge is 0.123 e. The zero-order valence-corrected chi connectivity index (χ0v) is 13.9. The molecule has 1 atom stereocenters. The molecule has 1 saturated heterocycles. The summed E-state index contributed by atoms with van der Waals surface area (Å²) < 4.78 is 13.7. The first-order valence-electron chi connectivity index (χ1n) is 8.21. The van der Waals surface area contributed by atoms with Gasteiger partial charge < -0.3 is 10.2 Å². The lowest BCUT2D eigenvalue weighted by atomic mass is 9.82. The Hall–Kier alpha value is -1.09. The van der Waals surface area contributed by atoms with Crippen molar-refractivity contribution in [3.63, 3.8) is 0 Å². The summed E-state index contributed by atoms with van der Waals surface area (Å²) in [4.78, 5) is 2.42. The van der Waals surface area contributed by atoms with Crippen molar-refractivity contribution in [1.82, 2.24) is 5.32 Å². The summed E-state index contributed by atoms with van der Waals surface area (Å²) in [6.45, 7) is 12.0. The third-order valence-corrected chi connectivity index (χ3v) is 4.61. The van der Waals surface area contributed by atoms with E-state index in [2.05, 4.69) is 37.9 Å². The van der Waals surface area contributed by atoms with Crippen molar-refractivity contribution in [2.75, 3.05) is 24.5 Å². The third kappa shape index (κ3) is 4.19. The summed E-state index contributed by atoms with van der Waals surface area (Å²) in [5, 5.41) is 3.48. The van der Waals surface area contributed by atoms with Gasteiger partial charge in [-0.15, -0.1) is 0 Å². The van der Waals surface area contributed by atoms with Crippen molar-refractivity contribution in [2.24, 2.45) is 5.41 Å². The number of hydrogen-bond donors (Lipinski definition) is 1. The quantitative estimate of drug-likeness (QED) is 0.859. The van der Waals surface area contributed by atoms with Crippen LogP contribution in [0.2, 0.25) is 0 Å². The number of nitrogens with zero attached hydrogens (tertiary/aromatic N) is 1. The fourth-order valence-electron chi connectivity index (χ4n) is 2.98. The number of nitrogens with one attached hydrogen (secondary N) is 1. The van der Waals surface area contributed by atoms with Gasteiger partial charge >= 0.3 is 0 Å². The lowest BCUT2D eigenvalue weighted by Gasteiger charge is -2.39. The van der Waals surface area contributed by atoms with Crippen LogP contribution in [0.4, 0.5) is 10.1 Å². The first-order chi connectivity index (χ1) is 9.93. The molecule has 0 amide bonds. The van der Waals surface area contributed by atoms with Crippen LogP contribution in [-0.4, -0.2) is 19.6 Å². The van der Waals surface area contributed by atoms with Gasteiger partial charge in [0.1, 0.15) is 5.82 Å². The second-order valence-corrected chi connectivity index (χ2v) is 7.03. The van der Waals surface area contributed by atoms with E-state index in [0.29, 0.717) is 5.41 Å². The molecule has 2 rings (SSSR count). The highest BCUT2D eigenvalue weighted by Crippen LogP contribution is 2.35. The molecule has 21 heavy (non-hydrogen) atoms. The molecule has 0 spiro atoms. The average molecular weight is 292 g/mol. The van der Waals surface area contributed by atoms with E-state index in [1.165, 1.54) is 18.5 Å². The van der Waals surface area contributed by atoms with Crippen LogP contribution < -0.4 is 10.2 Å². The average Bonchev–Trinajstić information content (AvgIpc) is 2.45. The van der Waals surface area contributed by atoms with E-state index in [4.69, 9.17) is 0 Å². The molecule has 0 saturated carbocycles. The Bertz CT molecular complexity index is 460. The van der Waals surface area contributed by atoms with Crippen molar-refractivity contribution in [1.29, 1.82) is 0 Å². The molecule has 1 fully saturated rings. The highest BCUT2D eigenvalue weighted by molar-refractivity contribution is 5.55. The first-order valence-corrected chi connectivity index (χ1v) is 8.21.